The predicted octanol–water partition coefficient (Wildman–Crippen LogP) is 2.21. The number of halogens is 2. The van der Waals surface area contributed by atoms with Crippen LogP contribution in [0, 0.1) is 0 Å². The Morgan fingerprint density at radius 2 is 1.36 bits per heavy atom. The van der Waals surface area contributed by atoms with Gasteiger partial charge in [0.15, 0.2) is 0 Å². The highest BCUT2D eigenvalue weighted by Gasteiger charge is 2.08. The first kappa shape index (κ1) is 19.0. The second kappa shape index (κ2) is 8.56. The normalized spacial score (nSPS) is 11.5. The molecule has 0 radical (unpaired) electrons. The second-order valence-electron chi connectivity index (χ2n) is 6.12. The molecular weight excluding hydrogens is 406 g/mol. The maximum atomic E-state index is 4.35. The summed E-state index contributed by atoms with van der Waals surface area (Å²) in [7, 11) is 6.54. The Labute approximate surface area is 151 Å². The molecule has 0 aromatic heterocycles. The van der Waals surface area contributed by atoms with Gasteiger partial charge in [-0.2, -0.15) is 10.2 Å². The quantitative estimate of drug-likeness (QED) is 0.398. The van der Waals surface area contributed by atoms with Gasteiger partial charge in [-0.1, -0.05) is 40.2 Å². The summed E-state index contributed by atoms with van der Waals surface area (Å²) in [6.07, 6.45) is 0. The summed E-state index contributed by atoms with van der Waals surface area (Å²) in [6, 6.07) is 16.3. The van der Waals surface area contributed by atoms with Crippen LogP contribution < -0.4 is 17.0 Å². The average molecular weight is 427 g/mol. The lowest BCUT2D eigenvalue weighted by molar-refractivity contribution is -0.884. The first-order chi connectivity index (χ1) is 9.96. The van der Waals surface area contributed by atoms with Gasteiger partial charge in [0, 0.05) is 10.9 Å². The van der Waals surface area contributed by atoms with E-state index in [1.807, 2.05) is 30.3 Å². The lowest BCUT2D eigenvalue weighted by Gasteiger charge is -2.23. The molecule has 0 unspecified atom stereocenters. The summed E-state index contributed by atoms with van der Waals surface area (Å²) >= 11 is 3.45. The molecule has 0 bridgehead atoms. The van der Waals surface area contributed by atoms with Crippen molar-refractivity contribution in [3.8, 4) is 0 Å². The molecule has 0 fully saturated rings. The molecule has 0 saturated heterocycles. The van der Waals surface area contributed by atoms with E-state index < -0.39 is 0 Å². The Bertz CT molecular complexity index is 634. The zero-order chi connectivity index (χ0) is 15.3. The van der Waals surface area contributed by atoms with Gasteiger partial charge >= 0.3 is 0 Å². The van der Waals surface area contributed by atoms with Gasteiger partial charge in [0.25, 0.3) is 0 Å². The van der Waals surface area contributed by atoms with Gasteiger partial charge in [-0.05, 0) is 29.8 Å². The second-order valence-corrected chi connectivity index (χ2v) is 6.68. The van der Waals surface area contributed by atoms with Gasteiger partial charge in [-0.15, -0.1) is 0 Å². The third kappa shape index (κ3) is 6.38. The summed E-state index contributed by atoms with van der Waals surface area (Å²) in [6.45, 7) is 0.975. The molecule has 118 valence electrons. The zero-order valence-electron chi connectivity index (χ0n) is 13.1. The van der Waals surface area contributed by atoms with Crippen LogP contribution in [0.1, 0.15) is 11.1 Å². The summed E-state index contributed by atoms with van der Waals surface area (Å²) in [5.41, 5.74) is 4.24. The van der Waals surface area contributed by atoms with Gasteiger partial charge < -0.3 is 21.5 Å². The Balaban J connectivity index is 0.00000242. The minimum Gasteiger partial charge on any atom is -1.00 e. The predicted molar refractivity (Wildman–Crippen MR) is 91.4 cm³/mol. The standard InChI is InChI=1S/C17H21BrN3.BrH/c1-21(2,3)13-15-7-5-9-17(11-15)20-19-16-8-4-6-14(10-16)12-18;/h4-11H,12-13H2,1-3H3;1H/q+1;/p-1. The smallest absolute Gasteiger partial charge is 0.104 e. The largest absolute Gasteiger partial charge is 1.00 e. The van der Waals surface area contributed by atoms with Crippen LogP contribution in [0.2, 0.25) is 0 Å². The lowest BCUT2D eigenvalue weighted by atomic mass is 10.2. The van der Waals surface area contributed by atoms with E-state index in [1.165, 1.54) is 11.1 Å². The molecule has 0 aliphatic rings. The first-order valence-electron chi connectivity index (χ1n) is 6.92. The lowest BCUT2D eigenvalue weighted by Crippen LogP contribution is -3.00. The first-order valence-corrected chi connectivity index (χ1v) is 8.04. The van der Waals surface area contributed by atoms with E-state index in [-0.39, 0.29) is 17.0 Å². The van der Waals surface area contributed by atoms with Gasteiger partial charge in [-0.3, -0.25) is 0 Å². The Morgan fingerprint density at radius 3 is 1.86 bits per heavy atom. The van der Waals surface area contributed by atoms with Gasteiger partial charge in [-0.25, -0.2) is 0 Å². The fraction of sp³-hybridized carbons (Fsp3) is 0.294. The molecular formula is C17H21Br2N3. The van der Waals surface area contributed by atoms with Crippen molar-refractivity contribution in [2.24, 2.45) is 10.2 Å². The number of hydrogen-bond donors (Lipinski definition) is 0. The Morgan fingerprint density at radius 1 is 0.864 bits per heavy atom. The molecule has 0 amide bonds. The van der Waals surface area contributed by atoms with Crippen LogP contribution >= 0.6 is 15.9 Å². The van der Waals surface area contributed by atoms with E-state index in [2.05, 4.69) is 65.5 Å². The number of quaternary nitrogens is 1. The number of azo groups is 1. The molecule has 0 atom stereocenters. The molecule has 2 rings (SSSR count). The Hall–Kier alpha value is -1.04. The minimum absolute atomic E-state index is 0. The van der Waals surface area contributed by atoms with Crippen LogP contribution in [0.4, 0.5) is 11.4 Å². The van der Waals surface area contributed by atoms with Gasteiger partial charge in [0.2, 0.25) is 0 Å². The highest BCUT2D eigenvalue weighted by atomic mass is 79.9. The van der Waals surface area contributed by atoms with E-state index in [0.717, 1.165) is 27.7 Å². The third-order valence-corrected chi connectivity index (χ3v) is 3.56. The summed E-state index contributed by atoms with van der Waals surface area (Å²) in [4.78, 5) is 0. The van der Waals surface area contributed by atoms with E-state index in [9.17, 15) is 0 Å². The van der Waals surface area contributed by atoms with Crippen molar-refractivity contribution in [2.75, 3.05) is 21.1 Å². The van der Waals surface area contributed by atoms with E-state index in [4.69, 9.17) is 0 Å². The molecule has 0 aliphatic heterocycles. The number of rotatable bonds is 5. The minimum atomic E-state index is 0. The van der Waals surface area contributed by atoms with Crippen molar-refractivity contribution < 1.29 is 21.5 Å². The van der Waals surface area contributed by atoms with Crippen LogP contribution in [0.25, 0.3) is 0 Å². The number of alkyl halides is 1. The highest BCUT2D eigenvalue weighted by molar-refractivity contribution is 9.08. The fourth-order valence-corrected chi connectivity index (χ4v) is 2.43. The SMILES string of the molecule is C[N+](C)(C)Cc1cccc(N=Nc2cccc(CBr)c2)c1.[Br-]. The molecule has 0 heterocycles. The molecule has 0 saturated carbocycles. The van der Waals surface area contributed by atoms with Crippen LogP contribution in [0.15, 0.2) is 58.8 Å². The van der Waals surface area contributed by atoms with Crippen LogP contribution in [-0.2, 0) is 11.9 Å². The molecule has 5 heteroatoms. The van der Waals surface area contributed by atoms with Crippen molar-refractivity contribution in [3.63, 3.8) is 0 Å². The molecule has 3 nitrogen and oxygen atoms in total. The number of benzene rings is 2. The molecule has 0 spiro atoms. The van der Waals surface area contributed by atoms with E-state index in [1.54, 1.807) is 0 Å². The average Bonchev–Trinajstić information content (AvgIpc) is 2.44. The monoisotopic (exact) mass is 425 g/mol. The van der Waals surface area contributed by atoms with Gasteiger partial charge in [0.05, 0.1) is 32.5 Å². The Kier molecular flexibility index (Phi) is 7.39. The molecule has 0 N–H and O–H groups in total. The van der Waals surface area contributed by atoms with Crippen molar-refractivity contribution in [1.29, 1.82) is 0 Å². The summed E-state index contributed by atoms with van der Waals surface area (Å²) < 4.78 is 0.897. The fourth-order valence-electron chi connectivity index (χ4n) is 2.08. The van der Waals surface area contributed by atoms with Crippen molar-refractivity contribution >= 4 is 27.3 Å². The topological polar surface area (TPSA) is 24.7 Å². The number of nitrogens with zero attached hydrogens (tertiary/aromatic N) is 3. The zero-order valence-corrected chi connectivity index (χ0v) is 16.3. The summed E-state index contributed by atoms with van der Waals surface area (Å²) in [5, 5.41) is 9.50. The van der Waals surface area contributed by atoms with Crippen LogP contribution in [0.3, 0.4) is 0 Å². The maximum absolute atomic E-state index is 4.35. The van der Waals surface area contributed by atoms with E-state index in [0.29, 0.717) is 0 Å². The molecule has 2 aromatic rings. The molecule has 0 aliphatic carbocycles. The third-order valence-electron chi connectivity index (χ3n) is 2.91. The van der Waals surface area contributed by atoms with Crippen LogP contribution in [0.5, 0.6) is 0 Å². The summed E-state index contributed by atoms with van der Waals surface area (Å²) in [5.74, 6) is 0. The molecule has 2 aromatic carbocycles. The van der Waals surface area contributed by atoms with Crippen molar-refractivity contribution in [1.82, 2.24) is 0 Å². The number of hydrogen-bond acceptors (Lipinski definition) is 2. The molecule has 22 heavy (non-hydrogen) atoms. The van der Waals surface area contributed by atoms with E-state index >= 15 is 0 Å². The van der Waals surface area contributed by atoms with Gasteiger partial charge in [0.1, 0.15) is 6.54 Å². The van der Waals surface area contributed by atoms with Crippen molar-refractivity contribution in [2.45, 2.75) is 11.9 Å². The highest BCUT2D eigenvalue weighted by Crippen LogP contribution is 2.21. The maximum Gasteiger partial charge on any atom is 0.104 e. The van der Waals surface area contributed by atoms with Crippen molar-refractivity contribution in [3.05, 3.63) is 59.7 Å². The van der Waals surface area contributed by atoms with Crippen LogP contribution in [-0.4, -0.2) is 25.6 Å².